The van der Waals surface area contributed by atoms with Crippen LogP contribution in [-0.4, -0.2) is 76.6 Å². The molecule has 0 spiro atoms. The zero-order chi connectivity index (χ0) is 31.8. The number of amides is 1. The van der Waals surface area contributed by atoms with Gasteiger partial charge in [0, 0.05) is 48.9 Å². The van der Waals surface area contributed by atoms with Crippen LogP contribution in [0.4, 0.5) is 5.69 Å². The normalized spacial score (nSPS) is 19.1. The molecule has 1 amide bonds. The van der Waals surface area contributed by atoms with Crippen LogP contribution in [0.25, 0.3) is 0 Å². The molecule has 236 valence electrons. The van der Waals surface area contributed by atoms with E-state index in [0.29, 0.717) is 40.1 Å². The average Bonchev–Trinajstić information content (AvgIpc) is 3.65. The van der Waals surface area contributed by atoms with E-state index in [1.165, 1.54) is 50.9 Å². The number of carbonyl (C=O) groups excluding carboxylic acids is 1. The van der Waals surface area contributed by atoms with Crippen LogP contribution in [0.15, 0.2) is 82.4 Å². The molecule has 13 heteroatoms. The van der Waals surface area contributed by atoms with Crippen molar-refractivity contribution in [2.24, 2.45) is 0 Å². The highest BCUT2D eigenvalue weighted by molar-refractivity contribution is 7.93. The maximum Gasteiger partial charge on any atom is 0.270 e. The Morgan fingerprint density at radius 3 is 2.40 bits per heavy atom. The first kappa shape index (κ1) is 31.1. The molecule has 0 radical (unpaired) electrons. The molecule has 4 aromatic rings. The van der Waals surface area contributed by atoms with Crippen LogP contribution in [0, 0.1) is 0 Å². The molecule has 1 atom stereocenters. The number of oxazole rings is 1. The van der Waals surface area contributed by atoms with Gasteiger partial charge >= 0.3 is 0 Å². The van der Waals surface area contributed by atoms with Crippen molar-refractivity contribution in [3.05, 3.63) is 101 Å². The molecule has 0 aliphatic carbocycles. The van der Waals surface area contributed by atoms with Crippen LogP contribution in [0.2, 0.25) is 5.02 Å². The largest absolute Gasteiger partial charge is 0.497 e. The molecular weight excluding hydrogens is 618 g/mol. The zero-order valence-electron chi connectivity index (χ0n) is 25.2. The number of halogens is 1. The fourth-order valence-electron chi connectivity index (χ4n) is 5.94. The summed E-state index contributed by atoms with van der Waals surface area (Å²) in [6.07, 6.45) is 2.94. The molecular formula is C32H34ClN5O6S. The number of hydrogen-bond donors (Lipinski definition) is 1. The molecule has 1 N–H and O–H groups in total. The van der Waals surface area contributed by atoms with Crippen LogP contribution in [-0.2, 0) is 33.4 Å². The second-order valence-electron chi connectivity index (χ2n) is 11.1. The molecule has 2 aliphatic heterocycles. The Hall–Kier alpha value is -3.94. The summed E-state index contributed by atoms with van der Waals surface area (Å²) >= 11 is 6.55. The lowest BCUT2D eigenvalue weighted by Gasteiger charge is -2.34. The van der Waals surface area contributed by atoms with Gasteiger partial charge in [0.1, 0.15) is 17.8 Å². The van der Waals surface area contributed by atoms with Crippen molar-refractivity contribution >= 4 is 33.2 Å². The molecule has 1 fully saturated rings. The maximum absolute atomic E-state index is 15.0. The molecule has 0 bridgehead atoms. The standard InChI is InChI=1S/C32H34ClN5O6S/c1-36-13-15-37(16-14-36)21-22-4-11-29(43-3)27(18-22)32(35-20-30-34-12-17-44-30)26-19-23(33)5-10-28(26)38(31(32)39)45(40,41)25-8-6-24(42-2)7-9-25/h4-12,17-19,35H,13-16,20-21H2,1-3H3. The van der Waals surface area contributed by atoms with Crippen LogP contribution in [0.1, 0.15) is 22.6 Å². The minimum Gasteiger partial charge on any atom is -0.497 e. The molecule has 11 nitrogen and oxygen atoms in total. The average molecular weight is 652 g/mol. The van der Waals surface area contributed by atoms with E-state index >= 15 is 0 Å². The van der Waals surface area contributed by atoms with E-state index in [-0.39, 0.29) is 17.1 Å². The van der Waals surface area contributed by atoms with Gasteiger partial charge in [-0.05, 0) is 67.2 Å². The molecule has 2 aliphatic rings. The molecule has 3 aromatic carbocycles. The van der Waals surface area contributed by atoms with Crippen molar-refractivity contribution in [3.8, 4) is 11.5 Å². The van der Waals surface area contributed by atoms with Gasteiger partial charge < -0.3 is 18.8 Å². The van der Waals surface area contributed by atoms with Crippen molar-refractivity contribution in [3.63, 3.8) is 0 Å². The summed E-state index contributed by atoms with van der Waals surface area (Å²) in [5.41, 5.74) is 0.188. The highest BCUT2D eigenvalue weighted by Gasteiger charge is 2.57. The predicted molar refractivity (Wildman–Crippen MR) is 169 cm³/mol. The summed E-state index contributed by atoms with van der Waals surface area (Å²) < 4.78 is 46.0. The van der Waals surface area contributed by atoms with E-state index in [0.717, 1.165) is 36.0 Å². The van der Waals surface area contributed by atoms with E-state index < -0.39 is 21.5 Å². The van der Waals surface area contributed by atoms with Crippen LogP contribution in [0.5, 0.6) is 11.5 Å². The number of anilines is 1. The molecule has 1 aromatic heterocycles. The van der Waals surface area contributed by atoms with E-state index in [9.17, 15) is 13.2 Å². The summed E-state index contributed by atoms with van der Waals surface area (Å²) in [5.74, 6) is 0.463. The highest BCUT2D eigenvalue weighted by atomic mass is 35.5. The molecule has 0 saturated carbocycles. The SMILES string of the molecule is COc1ccc(S(=O)(=O)N2C(=O)C(NCc3ncco3)(c3cc(CN4CCN(C)CC4)ccc3OC)c3cc(Cl)ccc32)cc1. The second kappa shape index (κ2) is 12.5. The molecule has 3 heterocycles. The van der Waals surface area contributed by atoms with Crippen molar-refractivity contribution in [2.75, 3.05) is 51.8 Å². The van der Waals surface area contributed by atoms with Gasteiger partial charge in [0.05, 0.1) is 37.5 Å². The van der Waals surface area contributed by atoms with E-state index in [2.05, 4.69) is 27.1 Å². The van der Waals surface area contributed by atoms with Gasteiger partial charge in [0.15, 0.2) is 5.54 Å². The third-order valence-electron chi connectivity index (χ3n) is 8.34. The molecule has 1 unspecified atom stereocenters. The summed E-state index contributed by atoms with van der Waals surface area (Å²) in [4.78, 5) is 23.8. The summed E-state index contributed by atoms with van der Waals surface area (Å²) in [6.45, 7) is 4.35. The predicted octanol–water partition coefficient (Wildman–Crippen LogP) is 3.86. The lowest BCUT2D eigenvalue weighted by Crippen LogP contribution is -2.52. The summed E-state index contributed by atoms with van der Waals surface area (Å²) in [7, 11) is 0.719. The smallest absolute Gasteiger partial charge is 0.270 e. The number of piperazine rings is 1. The summed E-state index contributed by atoms with van der Waals surface area (Å²) in [5, 5.41) is 3.67. The number of fused-ring (bicyclic) bond motifs is 1. The van der Waals surface area contributed by atoms with Crippen LogP contribution < -0.4 is 19.1 Å². The van der Waals surface area contributed by atoms with Gasteiger partial charge in [-0.25, -0.2) is 17.7 Å². The Kier molecular flexibility index (Phi) is 8.59. The van der Waals surface area contributed by atoms with E-state index in [1.807, 2.05) is 18.2 Å². The Balaban J connectivity index is 1.53. The Morgan fingerprint density at radius 1 is 0.978 bits per heavy atom. The van der Waals surface area contributed by atoms with Crippen molar-refractivity contribution in [1.82, 2.24) is 20.1 Å². The Morgan fingerprint density at radius 2 is 1.73 bits per heavy atom. The topological polar surface area (TPSA) is 117 Å². The first-order valence-corrected chi connectivity index (χ1v) is 16.2. The minimum atomic E-state index is -4.40. The number of nitrogens with one attached hydrogen (secondary N) is 1. The number of ether oxygens (including phenoxy) is 2. The molecule has 45 heavy (non-hydrogen) atoms. The van der Waals surface area contributed by atoms with Gasteiger partial charge in [-0.2, -0.15) is 0 Å². The van der Waals surface area contributed by atoms with E-state index in [1.54, 1.807) is 18.2 Å². The first-order chi connectivity index (χ1) is 21.7. The fourth-order valence-corrected chi connectivity index (χ4v) is 7.58. The lowest BCUT2D eigenvalue weighted by atomic mass is 9.82. The van der Waals surface area contributed by atoms with Crippen molar-refractivity contribution in [2.45, 2.75) is 23.5 Å². The number of likely N-dealkylation sites (N-methyl/N-ethyl adjacent to an activating group) is 1. The quantitative estimate of drug-likeness (QED) is 0.271. The highest BCUT2D eigenvalue weighted by Crippen LogP contribution is 2.50. The number of nitrogens with zero attached hydrogens (tertiary/aromatic N) is 4. The Labute approximate surface area is 267 Å². The maximum atomic E-state index is 15.0. The minimum absolute atomic E-state index is 0.00690. The Bertz CT molecular complexity index is 1790. The number of rotatable bonds is 10. The van der Waals surface area contributed by atoms with Gasteiger partial charge in [-0.15, -0.1) is 0 Å². The lowest BCUT2D eigenvalue weighted by molar-refractivity contribution is -0.121. The molecule has 1 saturated heterocycles. The first-order valence-electron chi connectivity index (χ1n) is 14.4. The van der Waals surface area contributed by atoms with Gasteiger partial charge in [0.25, 0.3) is 15.9 Å². The number of aromatic nitrogens is 1. The van der Waals surface area contributed by atoms with Gasteiger partial charge in [-0.1, -0.05) is 17.7 Å². The van der Waals surface area contributed by atoms with Crippen LogP contribution in [0.3, 0.4) is 0 Å². The number of carbonyl (C=O) groups is 1. The number of methoxy groups -OCH3 is 2. The zero-order valence-corrected chi connectivity index (χ0v) is 26.8. The fraction of sp³-hybridized carbons (Fsp3) is 0.312. The van der Waals surface area contributed by atoms with Crippen molar-refractivity contribution < 1.29 is 27.1 Å². The number of sulfonamides is 1. The van der Waals surface area contributed by atoms with Crippen molar-refractivity contribution in [1.29, 1.82) is 0 Å². The summed E-state index contributed by atoms with van der Waals surface area (Å²) in [6, 6.07) is 16.3. The third-order valence-corrected chi connectivity index (χ3v) is 10.3. The molecule has 6 rings (SSSR count). The number of hydrogen-bond acceptors (Lipinski definition) is 10. The van der Waals surface area contributed by atoms with Crippen LogP contribution >= 0.6 is 11.6 Å². The second-order valence-corrected chi connectivity index (χ2v) is 13.3. The van der Waals surface area contributed by atoms with Gasteiger partial charge in [0.2, 0.25) is 5.89 Å². The third kappa shape index (κ3) is 5.68. The number of benzene rings is 3. The van der Waals surface area contributed by atoms with E-state index in [4.69, 9.17) is 25.5 Å². The monoisotopic (exact) mass is 651 g/mol. The van der Waals surface area contributed by atoms with Gasteiger partial charge in [-0.3, -0.25) is 15.0 Å².